The van der Waals surface area contributed by atoms with Crippen molar-refractivity contribution >= 4 is 17.7 Å². The molecule has 126 valence electrons. The summed E-state index contributed by atoms with van der Waals surface area (Å²) >= 11 is 1.46. The standard InChI is InChI=1S/C19H22N2O2S/c1-13(24-17-6-4-5-9-20-17)18(22)21-12-14-7-8-16-15(10-14)11-19(2,3)23-16/h4-10,13H,11-12H2,1-3H3,(H,21,22)/t13-/m0/s1. The topological polar surface area (TPSA) is 51.2 Å². The second kappa shape index (κ2) is 6.85. The van der Waals surface area contributed by atoms with Gasteiger partial charge in [0, 0.05) is 19.2 Å². The predicted molar refractivity (Wildman–Crippen MR) is 96.3 cm³/mol. The summed E-state index contributed by atoms with van der Waals surface area (Å²) in [5, 5.41) is 3.68. The number of rotatable bonds is 5. The summed E-state index contributed by atoms with van der Waals surface area (Å²) in [7, 11) is 0. The van der Waals surface area contributed by atoms with Crippen LogP contribution < -0.4 is 10.1 Å². The van der Waals surface area contributed by atoms with E-state index in [1.165, 1.54) is 17.3 Å². The molecule has 0 spiro atoms. The molecule has 0 saturated heterocycles. The number of amides is 1. The van der Waals surface area contributed by atoms with Gasteiger partial charge in [-0.25, -0.2) is 4.98 Å². The van der Waals surface area contributed by atoms with Crippen molar-refractivity contribution in [2.45, 2.75) is 49.6 Å². The smallest absolute Gasteiger partial charge is 0.233 e. The number of nitrogens with zero attached hydrogens (tertiary/aromatic N) is 1. The average Bonchev–Trinajstić information content (AvgIpc) is 2.86. The highest BCUT2D eigenvalue weighted by Crippen LogP contribution is 2.35. The molecule has 0 unspecified atom stereocenters. The molecule has 1 amide bonds. The van der Waals surface area contributed by atoms with Crippen LogP contribution in [0.2, 0.25) is 0 Å². The zero-order valence-corrected chi connectivity index (χ0v) is 15.0. The number of aromatic nitrogens is 1. The zero-order chi connectivity index (χ0) is 17.2. The summed E-state index contributed by atoms with van der Waals surface area (Å²) in [6, 6.07) is 11.8. The van der Waals surface area contributed by atoms with E-state index < -0.39 is 0 Å². The molecular formula is C19H22N2O2S. The Kier molecular flexibility index (Phi) is 4.81. The van der Waals surface area contributed by atoms with Crippen LogP contribution >= 0.6 is 11.8 Å². The minimum absolute atomic E-state index is 0.0164. The molecule has 4 nitrogen and oxygen atoms in total. The first-order valence-corrected chi connectivity index (χ1v) is 8.97. The highest BCUT2D eigenvalue weighted by molar-refractivity contribution is 8.00. The maximum Gasteiger partial charge on any atom is 0.233 e. The molecule has 1 aromatic carbocycles. The van der Waals surface area contributed by atoms with Crippen molar-refractivity contribution in [3.63, 3.8) is 0 Å². The van der Waals surface area contributed by atoms with Crippen LogP contribution in [0, 0.1) is 0 Å². The maximum absolute atomic E-state index is 12.3. The fourth-order valence-electron chi connectivity index (χ4n) is 2.76. The van der Waals surface area contributed by atoms with Gasteiger partial charge in [0.05, 0.1) is 10.3 Å². The summed E-state index contributed by atoms with van der Waals surface area (Å²) in [6.45, 7) is 6.60. The van der Waals surface area contributed by atoms with Gasteiger partial charge in [-0.15, -0.1) is 0 Å². The second-order valence-electron chi connectivity index (χ2n) is 6.63. The molecule has 0 radical (unpaired) electrons. The van der Waals surface area contributed by atoms with E-state index in [0.717, 1.165) is 22.8 Å². The van der Waals surface area contributed by atoms with Crippen molar-refractivity contribution in [2.75, 3.05) is 0 Å². The Bertz CT molecular complexity index is 731. The number of pyridine rings is 1. The fourth-order valence-corrected chi connectivity index (χ4v) is 3.59. The van der Waals surface area contributed by atoms with Crippen LogP contribution in [-0.4, -0.2) is 21.7 Å². The van der Waals surface area contributed by atoms with E-state index in [2.05, 4.69) is 30.2 Å². The van der Waals surface area contributed by atoms with Gasteiger partial charge < -0.3 is 10.1 Å². The molecule has 0 fully saturated rings. The molecule has 2 aromatic rings. The first-order chi connectivity index (χ1) is 11.4. The highest BCUT2D eigenvalue weighted by atomic mass is 32.2. The Morgan fingerprint density at radius 2 is 2.21 bits per heavy atom. The van der Waals surface area contributed by atoms with Gasteiger partial charge in [0.25, 0.3) is 0 Å². The van der Waals surface area contributed by atoms with E-state index in [-0.39, 0.29) is 16.8 Å². The van der Waals surface area contributed by atoms with Gasteiger partial charge in [0.2, 0.25) is 5.91 Å². The van der Waals surface area contributed by atoms with E-state index in [9.17, 15) is 4.79 Å². The second-order valence-corrected chi connectivity index (χ2v) is 7.99. The molecule has 1 aromatic heterocycles. The van der Waals surface area contributed by atoms with Crippen molar-refractivity contribution in [1.82, 2.24) is 10.3 Å². The van der Waals surface area contributed by atoms with Crippen LogP contribution in [0.15, 0.2) is 47.6 Å². The average molecular weight is 342 g/mol. The molecule has 1 N–H and O–H groups in total. The van der Waals surface area contributed by atoms with Crippen molar-refractivity contribution in [3.05, 3.63) is 53.7 Å². The van der Waals surface area contributed by atoms with Crippen molar-refractivity contribution < 1.29 is 9.53 Å². The number of nitrogens with one attached hydrogen (secondary N) is 1. The van der Waals surface area contributed by atoms with Gasteiger partial charge in [0.15, 0.2) is 0 Å². The number of carbonyl (C=O) groups excluding carboxylic acids is 1. The summed E-state index contributed by atoms with van der Waals surface area (Å²) in [5.74, 6) is 0.969. The lowest BCUT2D eigenvalue weighted by molar-refractivity contribution is -0.120. The zero-order valence-electron chi connectivity index (χ0n) is 14.2. The van der Waals surface area contributed by atoms with E-state index >= 15 is 0 Å². The fraction of sp³-hybridized carbons (Fsp3) is 0.368. The molecule has 24 heavy (non-hydrogen) atoms. The number of fused-ring (bicyclic) bond motifs is 1. The largest absolute Gasteiger partial charge is 0.487 e. The summed E-state index contributed by atoms with van der Waals surface area (Å²) in [6.07, 6.45) is 2.64. The lowest BCUT2D eigenvalue weighted by atomic mass is 10.0. The predicted octanol–water partition coefficient (Wildman–Crippen LogP) is 3.59. The molecule has 0 bridgehead atoms. The van der Waals surface area contributed by atoms with Crippen LogP contribution in [0.3, 0.4) is 0 Å². The lowest BCUT2D eigenvalue weighted by Crippen LogP contribution is -2.30. The monoisotopic (exact) mass is 342 g/mol. The molecule has 0 aliphatic carbocycles. The van der Waals surface area contributed by atoms with Crippen LogP contribution in [0.4, 0.5) is 0 Å². The summed E-state index contributed by atoms with van der Waals surface area (Å²) < 4.78 is 5.88. The summed E-state index contributed by atoms with van der Waals surface area (Å²) in [4.78, 5) is 16.5. The number of thioether (sulfide) groups is 1. The third kappa shape index (κ3) is 4.09. The Labute approximate surface area is 147 Å². The van der Waals surface area contributed by atoms with Gasteiger partial charge in [-0.05, 0) is 50.1 Å². The third-order valence-electron chi connectivity index (χ3n) is 3.90. The Morgan fingerprint density at radius 3 is 2.96 bits per heavy atom. The number of ether oxygens (including phenoxy) is 1. The normalized spacial score (nSPS) is 16.1. The quantitative estimate of drug-likeness (QED) is 0.844. The van der Waals surface area contributed by atoms with Crippen LogP contribution in [0.25, 0.3) is 0 Å². The number of hydrogen-bond donors (Lipinski definition) is 1. The van der Waals surface area contributed by atoms with Crippen LogP contribution in [0.5, 0.6) is 5.75 Å². The molecule has 3 rings (SSSR count). The minimum Gasteiger partial charge on any atom is -0.487 e. The van der Waals surface area contributed by atoms with Crippen LogP contribution in [0.1, 0.15) is 31.9 Å². The molecule has 0 saturated carbocycles. The lowest BCUT2D eigenvalue weighted by Gasteiger charge is -2.16. The Morgan fingerprint density at radius 1 is 1.38 bits per heavy atom. The van der Waals surface area contributed by atoms with Gasteiger partial charge in [-0.3, -0.25) is 4.79 Å². The van der Waals surface area contributed by atoms with Gasteiger partial charge >= 0.3 is 0 Å². The number of benzene rings is 1. The van der Waals surface area contributed by atoms with Gasteiger partial charge in [-0.1, -0.05) is 30.0 Å². The first kappa shape index (κ1) is 16.8. The highest BCUT2D eigenvalue weighted by Gasteiger charge is 2.29. The molecule has 2 heterocycles. The Balaban J connectivity index is 1.55. The van der Waals surface area contributed by atoms with Crippen molar-refractivity contribution in [1.29, 1.82) is 0 Å². The van der Waals surface area contributed by atoms with E-state index in [1.807, 2.05) is 37.3 Å². The van der Waals surface area contributed by atoms with Crippen LogP contribution in [-0.2, 0) is 17.8 Å². The molecular weight excluding hydrogens is 320 g/mol. The molecule has 1 atom stereocenters. The van der Waals surface area contributed by atoms with E-state index in [1.54, 1.807) is 6.20 Å². The molecule has 5 heteroatoms. The van der Waals surface area contributed by atoms with Gasteiger partial charge in [-0.2, -0.15) is 0 Å². The maximum atomic E-state index is 12.3. The van der Waals surface area contributed by atoms with Gasteiger partial charge in [0.1, 0.15) is 11.4 Å². The molecule has 1 aliphatic rings. The third-order valence-corrected chi connectivity index (χ3v) is 4.95. The number of carbonyl (C=O) groups is 1. The minimum atomic E-state index is -0.184. The van der Waals surface area contributed by atoms with E-state index in [4.69, 9.17) is 4.74 Å². The van der Waals surface area contributed by atoms with E-state index in [0.29, 0.717) is 6.54 Å². The SMILES string of the molecule is C[C@H](Sc1ccccn1)C(=O)NCc1ccc2c(c1)CC(C)(C)O2. The van der Waals surface area contributed by atoms with Crippen molar-refractivity contribution in [2.24, 2.45) is 0 Å². The summed E-state index contributed by atoms with van der Waals surface area (Å²) in [5.41, 5.74) is 2.17. The van der Waals surface area contributed by atoms with Crippen molar-refractivity contribution in [3.8, 4) is 5.75 Å². The first-order valence-electron chi connectivity index (χ1n) is 8.09. The molecule has 1 aliphatic heterocycles. The number of hydrogen-bond acceptors (Lipinski definition) is 4. The Hall–Kier alpha value is -2.01.